The van der Waals surface area contributed by atoms with Crippen LogP contribution >= 0.6 is 0 Å². The molecular weight excluding hydrogens is 319 g/mol. The van der Waals surface area contributed by atoms with Gasteiger partial charge in [0.25, 0.3) is 0 Å². The summed E-state index contributed by atoms with van der Waals surface area (Å²) < 4.78 is 14.5. The van der Waals surface area contributed by atoms with Crippen LogP contribution in [0.2, 0.25) is 0 Å². The molecule has 1 aromatic carbocycles. The Hall–Kier alpha value is -2.47. The maximum Gasteiger partial charge on any atom is 0.211 e. The van der Waals surface area contributed by atoms with E-state index in [1.165, 1.54) is 18.6 Å². The van der Waals surface area contributed by atoms with Crippen LogP contribution in [0.5, 0.6) is 5.88 Å². The molecule has 0 saturated carbocycles. The van der Waals surface area contributed by atoms with Crippen LogP contribution in [0.3, 0.4) is 0 Å². The van der Waals surface area contributed by atoms with Gasteiger partial charge >= 0.3 is 0 Å². The number of nitrogens with zero attached hydrogens (tertiary/aromatic N) is 3. The molecule has 1 fully saturated rings. The van der Waals surface area contributed by atoms with Gasteiger partial charge in [0.15, 0.2) is 0 Å². The Morgan fingerprint density at radius 1 is 1.40 bits per heavy atom. The molecule has 6 heteroatoms. The van der Waals surface area contributed by atoms with Crippen molar-refractivity contribution in [2.75, 3.05) is 27.2 Å². The first kappa shape index (κ1) is 17.4. The fraction of sp³-hybridized carbons (Fsp3) is 0.368. The Morgan fingerprint density at radius 2 is 2.24 bits per heavy atom. The van der Waals surface area contributed by atoms with E-state index in [0.717, 1.165) is 18.9 Å². The highest BCUT2D eigenvalue weighted by Gasteiger charge is 2.23. The van der Waals surface area contributed by atoms with Crippen LogP contribution in [0.25, 0.3) is 11.3 Å². The van der Waals surface area contributed by atoms with E-state index in [-0.39, 0.29) is 11.7 Å². The zero-order chi connectivity index (χ0) is 17.8. The van der Waals surface area contributed by atoms with Crippen molar-refractivity contribution >= 4 is 5.84 Å². The average Bonchev–Trinajstić information content (AvgIpc) is 2.60. The standard InChI is InChI=1S/C19H23FN4O/c1-21-18(22-12-15-8-9-24(15)2)11-13-6-7-14(10-16(13)20)17-4-3-5-19(25)23-17/h3-7,10,15H,8-9,11-12H2,1-2H3,(H,21,22)(H,23,25)/t15-/m0/s1. The molecular formula is C19H23FN4O. The van der Waals surface area contributed by atoms with Crippen LogP contribution in [0, 0.1) is 5.82 Å². The summed E-state index contributed by atoms with van der Waals surface area (Å²) in [6, 6.07) is 10.5. The van der Waals surface area contributed by atoms with Crippen LogP contribution in [0.1, 0.15) is 12.0 Å². The molecule has 132 valence electrons. The van der Waals surface area contributed by atoms with Crippen molar-refractivity contribution in [1.82, 2.24) is 15.2 Å². The highest BCUT2D eigenvalue weighted by atomic mass is 19.1. The molecule has 0 radical (unpaired) electrons. The molecule has 1 saturated heterocycles. The summed E-state index contributed by atoms with van der Waals surface area (Å²) in [5.41, 5.74) is 1.76. The fourth-order valence-corrected chi connectivity index (χ4v) is 2.90. The minimum Gasteiger partial charge on any atom is -0.493 e. The van der Waals surface area contributed by atoms with E-state index in [4.69, 9.17) is 0 Å². The number of pyridine rings is 1. The maximum absolute atomic E-state index is 14.5. The fourth-order valence-electron chi connectivity index (χ4n) is 2.90. The molecule has 5 nitrogen and oxygen atoms in total. The smallest absolute Gasteiger partial charge is 0.211 e. The van der Waals surface area contributed by atoms with Crippen LogP contribution in [0.15, 0.2) is 41.4 Å². The van der Waals surface area contributed by atoms with E-state index in [0.29, 0.717) is 29.3 Å². The molecule has 1 atom stereocenters. The molecule has 2 aromatic rings. The molecule has 1 aliphatic rings. The quantitative estimate of drug-likeness (QED) is 0.647. The summed E-state index contributed by atoms with van der Waals surface area (Å²) >= 11 is 0. The molecule has 0 amide bonds. The van der Waals surface area contributed by atoms with Crippen LogP contribution in [-0.4, -0.2) is 54.1 Å². The van der Waals surface area contributed by atoms with Gasteiger partial charge in [0, 0.05) is 37.7 Å². The second-order valence-electron chi connectivity index (χ2n) is 6.34. The third-order valence-corrected chi connectivity index (χ3v) is 4.69. The number of halogens is 1. The van der Waals surface area contributed by atoms with Crippen molar-refractivity contribution in [1.29, 1.82) is 0 Å². The molecule has 2 heterocycles. The predicted octanol–water partition coefficient (Wildman–Crippen LogP) is 2.46. The SMILES string of the molecule is C/N=C(/Cc1ccc(-c2cccc(O)n2)cc1F)NC[C@@H]1CCN1C. The minimum absolute atomic E-state index is 0.0763. The van der Waals surface area contributed by atoms with Crippen molar-refractivity contribution in [3.8, 4) is 17.1 Å². The Labute approximate surface area is 147 Å². The van der Waals surface area contributed by atoms with E-state index < -0.39 is 0 Å². The largest absolute Gasteiger partial charge is 0.493 e. The number of aromatic hydroxyl groups is 1. The number of amidine groups is 1. The van der Waals surface area contributed by atoms with Crippen molar-refractivity contribution in [3.05, 3.63) is 47.8 Å². The Kier molecular flexibility index (Phi) is 5.28. The van der Waals surface area contributed by atoms with Gasteiger partial charge in [-0.05, 0) is 37.7 Å². The summed E-state index contributed by atoms with van der Waals surface area (Å²) in [5.74, 6) is 0.404. The number of likely N-dealkylation sites (N-methyl/N-ethyl adjacent to an activating group) is 1. The number of benzene rings is 1. The molecule has 1 aliphatic heterocycles. The van der Waals surface area contributed by atoms with Crippen molar-refractivity contribution < 1.29 is 9.50 Å². The monoisotopic (exact) mass is 342 g/mol. The first-order chi connectivity index (χ1) is 12.1. The lowest BCUT2D eigenvalue weighted by Crippen LogP contribution is -2.51. The number of hydrogen-bond acceptors (Lipinski definition) is 4. The average molecular weight is 342 g/mol. The molecule has 2 N–H and O–H groups in total. The first-order valence-electron chi connectivity index (χ1n) is 8.41. The van der Waals surface area contributed by atoms with Gasteiger partial charge in [0.1, 0.15) is 11.7 Å². The summed E-state index contributed by atoms with van der Waals surface area (Å²) in [6.45, 7) is 1.96. The van der Waals surface area contributed by atoms with Gasteiger partial charge in [-0.25, -0.2) is 9.37 Å². The summed E-state index contributed by atoms with van der Waals surface area (Å²) in [4.78, 5) is 10.5. The van der Waals surface area contributed by atoms with Gasteiger partial charge in [0.2, 0.25) is 5.88 Å². The lowest BCUT2D eigenvalue weighted by molar-refractivity contribution is 0.129. The van der Waals surface area contributed by atoms with E-state index in [1.54, 1.807) is 25.2 Å². The molecule has 0 bridgehead atoms. The summed E-state index contributed by atoms with van der Waals surface area (Å²) in [7, 11) is 3.82. The van der Waals surface area contributed by atoms with E-state index in [2.05, 4.69) is 27.2 Å². The topological polar surface area (TPSA) is 60.8 Å². The maximum atomic E-state index is 14.5. The number of hydrogen-bond donors (Lipinski definition) is 2. The second-order valence-corrected chi connectivity index (χ2v) is 6.34. The van der Waals surface area contributed by atoms with Crippen molar-refractivity contribution in [3.63, 3.8) is 0 Å². The van der Waals surface area contributed by atoms with Crippen molar-refractivity contribution in [2.45, 2.75) is 18.9 Å². The summed E-state index contributed by atoms with van der Waals surface area (Å²) in [5, 5.41) is 12.8. The normalized spacial score (nSPS) is 18.0. The number of nitrogens with one attached hydrogen (secondary N) is 1. The van der Waals surface area contributed by atoms with Crippen molar-refractivity contribution in [2.24, 2.45) is 4.99 Å². The van der Waals surface area contributed by atoms with Gasteiger partial charge < -0.3 is 15.3 Å². The molecule has 0 spiro atoms. The van der Waals surface area contributed by atoms with Crippen LogP contribution in [-0.2, 0) is 6.42 Å². The third kappa shape index (κ3) is 4.14. The number of rotatable bonds is 5. The van der Waals surface area contributed by atoms with Gasteiger partial charge in [-0.1, -0.05) is 18.2 Å². The highest BCUT2D eigenvalue weighted by molar-refractivity contribution is 5.84. The Bertz CT molecular complexity index is 778. The van der Waals surface area contributed by atoms with Crippen LogP contribution < -0.4 is 5.32 Å². The lowest BCUT2D eigenvalue weighted by Gasteiger charge is -2.38. The number of likely N-dealkylation sites (tertiary alicyclic amines) is 1. The van der Waals surface area contributed by atoms with Crippen LogP contribution in [0.4, 0.5) is 4.39 Å². The van der Waals surface area contributed by atoms with Gasteiger partial charge in [-0.2, -0.15) is 0 Å². The van der Waals surface area contributed by atoms with E-state index >= 15 is 0 Å². The third-order valence-electron chi connectivity index (χ3n) is 4.69. The zero-order valence-electron chi connectivity index (χ0n) is 14.5. The van der Waals surface area contributed by atoms with Gasteiger partial charge in [-0.15, -0.1) is 0 Å². The molecule has 3 rings (SSSR count). The van der Waals surface area contributed by atoms with E-state index in [9.17, 15) is 9.50 Å². The van der Waals surface area contributed by atoms with Gasteiger partial charge in [0.05, 0.1) is 5.69 Å². The lowest BCUT2D eigenvalue weighted by atomic mass is 10.0. The number of aliphatic imine (C=N–C) groups is 1. The molecule has 25 heavy (non-hydrogen) atoms. The highest BCUT2D eigenvalue weighted by Crippen LogP contribution is 2.22. The van der Waals surface area contributed by atoms with Gasteiger partial charge in [-0.3, -0.25) is 4.99 Å². The first-order valence-corrected chi connectivity index (χ1v) is 8.41. The molecule has 0 unspecified atom stereocenters. The molecule has 0 aliphatic carbocycles. The predicted molar refractivity (Wildman–Crippen MR) is 97.4 cm³/mol. The number of aromatic nitrogens is 1. The molecule has 1 aromatic heterocycles. The minimum atomic E-state index is -0.300. The van der Waals surface area contributed by atoms with E-state index in [1.807, 2.05) is 6.07 Å². The Morgan fingerprint density at radius 3 is 2.84 bits per heavy atom. The second kappa shape index (κ2) is 7.61. The summed E-state index contributed by atoms with van der Waals surface area (Å²) in [6.07, 6.45) is 1.60. The Balaban J connectivity index is 1.67. The zero-order valence-corrected chi connectivity index (χ0v) is 14.5.